The normalized spacial score (nSPS) is 11.4. The van der Waals surface area contributed by atoms with Crippen molar-refractivity contribution in [2.24, 2.45) is 0 Å². The van der Waals surface area contributed by atoms with E-state index in [1.54, 1.807) is 0 Å². The van der Waals surface area contributed by atoms with Crippen molar-refractivity contribution in [3.8, 4) is 0 Å². The number of rotatable bonds is 6. The minimum atomic E-state index is -3.14. The van der Waals surface area contributed by atoms with E-state index in [9.17, 15) is 12.8 Å². The first kappa shape index (κ1) is 14.7. The molecule has 0 aliphatic heterocycles. The molecule has 2 aromatic rings. The number of sulfone groups is 1. The largest absolute Gasteiger partial charge is 0.228 e. The van der Waals surface area contributed by atoms with Gasteiger partial charge in [0.25, 0.3) is 0 Å². The average Bonchev–Trinajstić information content (AvgIpc) is 2.42. The Morgan fingerprint density at radius 1 is 0.850 bits per heavy atom. The second kappa shape index (κ2) is 6.66. The lowest BCUT2D eigenvalue weighted by Crippen LogP contribution is -2.10. The van der Waals surface area contributed by atoms with Crippen LogP contribution in [0.5, 0.6) is 0 Å². The number of benzene rings is 2. The van der Waals surface area contributed by atoms with Crippen molar-refractivity contribution in [1.82, 2.24) is 0 Å². The van der Waals surface area contributed by atoms with Gasteiger partial charge in [0.1, 0.15) is 5.82 Å². The summed E-state index contributed by atoms with van der Waals surface area (Å²) >= 11 is 0. The van der Waals surface area contributed by atoms with Crippen molar-refractivity contribution in [3.05, 3.63) is 71.5 Å². The molecular formula is C16H17FO2S. The molecule has 0 heterocycles. The lowest BCUT2D eigenvalue weighted by Gasteiger charge is -2.05. The third kappa shape index (κ3) is 4.78. The van der Waals surface area contributed by atoms with E-state index in [1.807, 2.05) is 30.3 Å². The van der Waals surface area contributed by atoms with E-state index in [1.165, 1.54) is 24.3 Å². The Hall–Kier alpha value is -1.68. The second-order valence-electron chi connectivity index (χ2n) is 4.81. The zero-order chi connectivity index (χ0) is 14.4. The van der Waals surface area contributed by atoms with Crippen molar-refractivity contribution >= 4 is 9.84 Å². The van der Waals surface area contributed by atoms with Crippen molar-refractivity contribution < 1.29 is 12.8 Å². The standard InChI is InChI=1S/C16H17FO2S/c17-16-10-8-15(9-11-16)13-20(18,19)12-4-7-14-5-2-1-3-6-14/h1-3,5-6,8-11H,4,7,12-13H2. The Balaban J connectivity index is 1.86. The summed E-state index contributed by atoms with van der Waals surface area (Å²) in [6.45, 7) is 0. The summed E-state index contributed by atoms with van der Waals surface area (Å²) in [4.78, 5) is 0. The van der Waals surface area contributed by atoms with E-state index in [-0.39, 0.29) is 17.3 Å². The van der Waals surface area contributed by atoms with Gasteiger partial charge in [0.05, 0.1) is 11.5 Å². The molecule has 0 saturated carbocycles. The molecule has 0 amide bonds. The Labute approximate surface area is 119 Å². The van der Waals surface area contributed by atoms with E-state index in [0.717, 1.165) is 12.0 Å². The Kier molecular flexibility index (Phi) is 4.90. The monoisotopic (exact) mass is 292 g/mol. The zero-order valence-electron chi connectivity index (χ0n) is 11.1. The maximum absolute atomic E-state index is 12.8. The van der Waals surface area contributed by atoms with Crippen LogP contribution in [-0.4, -0.2) is 14.2 Å². The quantitative estimate of drug-likeness (QED) is 0.818. The predicted octanol–water partition coefficient (Wildman–Crippen LogP) is 3.37. The SMILES string of the molecule is O=S(=O)(CCCc1ccccc1)Cc1ccc(F)cc1. The first-order chi connectivity index (χ1) is 9.55. The van der Waals surface area contributed by atoms with Gasteiger partial charge in [-0.2, -0.15) is 0 Å². The van der Waals surface area contributed by atoms with Crippen LogP contribution in [0.1, 0.15) is 17.5 Å². The molecule has 4 heteroatoms. The van der Waals surface area contributed by atoms with Gasteiger partial charge in [-0.3, -0.25) is 0 Å². The fraction of sp³-hybridized carbons (Fsp3) is 0.250. The van der Waals surface area contributed by atoms with Crippen LogP contribution in [-0.2, 0) is 22.0 Å². The summed E-state index contributed by atoms with van der Waals surface area (Å²) in [7, 11) is -3.14. The fourth-order valence-corrected chi connectivity index (χ4v) is 3.48. The van der Waals surface area contributed by atoms with Gasteiger partial charge in [-0.1, -0.05) is 42.5 Å². The summed E-state index contributed by atoms with van der Waals surface area (Å²) in [6.07, 6.45) is 1.36. The molecule has 2 aromatic carbocycles. The topological polar surface area (TPSA) is 34.1 Å². The molecule has 0 aliphatic carbocycles. The van der Waals surface area contributed by atoms with Crippen LogP contribution >= 0.6 is 0 Å². The van der Waals surface area contributed by atoms with Crippen LogP contribution in [0.15, 0.2) is 54.6 Å². The van der Waals surface area contributed by atoms with Crippen LogP contribution in [0, 0.1) is 5.82 Å². The van der Waals surface area contributed by atoms with Crippen LogP contribution in [0.2, 0.25) is 0 Å². The van der Waals surface area contributed by atoms with E-state index >= 15 is 0 Å². The Bertz CT molecular complexity index is 634. The van der Waals surface area contributed by atoms with E-state index in [2.05, 4.69) is 0 Å². The van der Waals surface area contributed by atoms with E-state index in [4.69, 9.17) is 0 Å². The third-order valence-corrected chi connectivity index (χ3v) is 4.75. The van der Waals surface area contributed by atoms with Gasteiger partial charge in [0, 0.05) is 0 Å². The van der Waals surface area contributed by atoms with Gasteiger partial charge in [-0.15, -0.1) is 0 Å². The van der Waals surface area contributed by atoms with Crippen LogP contribution < -0.4 is 0 Å². The van der Waals surface area contributed by atoms with Gasteiger partial charge in [-0.25, -0.2) is 12.8 Å². The Morgan fingerprint density at radius 2 is 1.50 bits per heavy atom. The third-order valence-electron chi connectivity index (χ3n) is 3.06. The van der Waals surface area contributed by atoms with Gasteiger partial charge in [0.2, 0.25) is 0 Å². The summed E-state index contributed by atoms with van der Waals surface area (Å²) in [5.74, 6) is -0.225. The van der Waals surface area contributed by atoms with Gasteiger partial charge in [0.15, 0.2) is 9.84 Å². The summed E-state index contributed by atoms with van der Waals surface area (Å²) < 4.78 is 36.7. The molecule has 0 unspecified atom stereocenters. The van der Waals surface area contributed by atoms with E-state index in [0.29, 0.717) is 12.0 Å². The highest BCUT2D eigenvalue weighted by Crippen LogP contribution is 2.10. The first-order valence-corrected chi connectivity index (χ1v) is 8.36. The summed E-state index contributed by atoms with van der Waals surface area (Å²) in [5, 5.41) is 0. The zero-order valence-corrected chi connectivity index (χ0v) is 11.9. The van der Waals surface area contributed by atoms with Crippen LogP contribution in [0.3, 0.4) is 0 Å². The highest BCUT2D eigenvalue weighted by atomic mass is 32.2. The molecule has 0 spiro atoms. The van der Waals surface area contributed by atoms with Crippen molar-refractivity contribution in [3.63, 3.8) is 0 Å². The van der Waals surface area contributed by atoms with Crippen LogP contribution in [0.25, 0.3) is 0 Å². The number of hydrogen-bond acceptors (Lipinski definition) is 2. The predicted molar refractivity (Wildman–Crippen MR) is 78.7 cm³/mol. The molecule has 0 radical (unpaired) electrons. The van der Waals surface area contributed by atoms with Crippen molar-refractivity contribution in [2.45, 2.75) is 18.6 Å². The van der Waals surface area contributed by atoms with Crippen molar-refractivity contribution in [2.75, 3.05) is 5.75 Å². The fourth-order valence-electron chi connectivity index (χ4n) is 2.05. The maximum atomic E-state index is 12.8. The number of hydrogen-bond donors (Lipinski definition) is 0. The molecule has 20 heavy (non-hydrogen) atoms. The molecule has 0 aromatic heterocycles. The molecule has 0 fully saturated rings. The van der Waals surface area contributed by atoms with Crippen molar-refractivity contribution in [1.29, 1.82) is 0 Å². The lowest BCUT2D eigenvalue weighted by atomic mass is 10.1. The summed E-state index contributed by atoms with van der Waals surface area (Å²) in [6, 6.07) is 15.4. The number of aryl methyl sites for hydroxylation is 1. The maximum Gasteiger partial charge on any atom is 0.154 e. The smallest absolute Gasteiger partial charge is 0.154 e. The molecular weight excluding hydrogens is 275 g/mol. The summed E-state index contributed by atoms with van der Waals surface area (Å²) in [5.41, 5.74) is 1.77. The average molecular weight is 292 g/mol. The van der Waals surface area contributed by atoms with Crippen LogP contribution in [0.4, 0.5) is 4.39 Å². The first-order valence-electron chi connectivity index (χ1n) is 6.54. The molecule has 2 nitrogen and oxygen atoms in total. The van der Waals surface area contributed by atoms with E-state index < -0.39 is 9.84 Å². The Morgan fingerprint density at radius 3 is 2.15 bits per heavy atom. The van der Waals surface area contributed by atoms with Gasteiger partial charge < -0.3 is 0 Å². The molecule has 0 aliphatic rings. The second-order valence-corrected chi connectivity index (χ2v) is 6.99. The molecule has 0 atom stereocenters. The molecule has 2 rings (SSSR count). The number of halogens is 1. The molecule has 0 N–H and O–H groups in total. The molecule has 0 bridgehead atoms. The molecule has 0 saturated heterocycles. The minimum absolute atomic E-state index is 0.0257. The van der Waals surface area contributed by atoms with Gasteiger partial charge >= 0.3 is 0 Å². The minimum Gasteiger partial charge on any atom is -0.228 e. The van der Waals surface area contributed by atoms with Gasteiger partial charge in [-0.05, 0) is 36.1 Å². The lowest BCUT2D eigenvalue weighted by molar-refractivity contribution is 0.592. The molecule has 106 valence electrons. The highest BCUT2D eigenvalue weighted by molar-refractivity contribution is 7.90. The highest BCUT2D eigenvalue weighted by Gasteiger charge is 2.11.